The standard InChI is InChI=1S/C11H9ClN2O4/c1-6-2-8(18-9(6)10(15)16)5-14-4-7(12)3-13-11(14)17/h2-4H,5H2,1H3,(H,15,16). The molecule has 94 valence electrons. The van der Waals surface area contributed by atoms with Crippen LogP contribution in [0.1, 0.15) is 21.9 Å². The summed E-state index contributed by atoms with van der Waals surface area (Å²) in [5.41, 5.74) is 0.0193. The van der Waals surface area contributed by atoms with Crippen LogP contribution in [-0.2, 0) is 6.54 Å². The number of aromatic carboxylic acids is 1. The molecule has 0 radical (unpaired) electrons. The van der Waals surface area contributed by atoms with Crippen LogP contribution in [-0.4, -0.2) is 20.6 Å². The van der Waals surface area contributed by atoms with Crippen LogP contribution in [0.25, 0.3) is 0 Å². The second-order valence-electron chi connectivity index (χ2n) is 3.71. The molecule has 0 aliphatic carbocycles. The highest BCUT2D eigenvalue weighted by Crippen LogP contribution is 2.15. The van der Waals surface area contributed by atoms with Crippen molar-refractivity contribution in [1.82, 2.24) is 9.55 Å². The summed E-state index contributed by atoms with van der Waals surface area (Å²) in [6.07, 6.45) is 2.66. The van der Waals surface area contributed by atoms with Crippen molar-refractivity contribution >= 4 is 17.6 Å². The predicted octanol–water partition coefficient (Wildman–Crippen LogP) is 1.54. The van der Waals surface area contributed by atoms with Gasteiger partial charge in [-0.25, -0.2) is 14.6 Å². The summed E-state index contributed by atoms with van der Waals surface area (Å²) >= 11 is 5.72. The number of carbonyl (C=O) groups is 1. The Morgan fingerprint density at radius 2 is 2.33 bits per heavy atom. The van der Waals surface area contributed by atoms with Gasteiger partial charge < -0.3 is 9.52 Å². The van der Waals surface area contributed by atoms with Gasteiger partial charge in [-0.1, -0.05) is 11.6 Å². The van der Waals surface area contributed by atoms with Gasteiger partial charge in [-0.15, -0.1) is 0 Å². The number of carboxylic acid groups (broad SMARTS) is 1. The summed E-state index contributed by atoms with van der Waals surface area (Å²) in [6.45, 7) is 1.70. The molecule has 0 aliphatic rings. The smallest absolute Gasteiger partial charge is 0.372 e. The third kappa shape index (κ3) is 2.43. The van der Waals surface area contributed by atoms with E-state index in [9.17, 15) is 9.59 Å². The molecule has 2 aromatic heterocycles. The molecule has 0 aromatic carbocycles. The molecule has 0 amide bonds. The zero-order valence-corrected chi connectivity index (χ0v) is 10.1. The van der Waals surface area contributed by atoms with Gasteiger partial charge in [0, 0.05) is 11.8 Å². The van der Waals surface area contributed by atoms with Crippen molar-refractivity contribution in [2.24, 2.45) is 0 Å². The summed E-state index contributed by atoms with van der Waals surface area (Å²) in [4.78, 5) is 25.8. The Bertz CT molecular complexity index is 659. The molecule has 0 fully saturated rings. The normalized spacial score (nSPS) is 10.6. The van der Waals surface area contributed by atoms with Gasteiger partial charge in [0.25, 0.3) is 0 Å². The van der Waals surface area contributed by atoms with Crippen molar-refractivity contribution in [3.8, 4) is 0 Å². The van der Waals surface area contributed by atoms with Crippen LogP contribution in [0, 0.1) is 6.92 Å². The molecule has 18 heavy (non-hydrogen) atoms. The van der Waals surface area contributed by atoms with E-state index < -0.39 is 11.7 Å². The highest BCUT2D eigenvalue weighted by atomic mass is 35.5. The van der Waals surface area contributed by atoms with E-state index in [0.29, 0.717) is 16.3 Å². The number of nitrogens with zero attached hydrogens (tertiary/aromatic N) is 2. The van der Waals surface area contributed by atoms with Crippen LogP contribution in [0.15, 0.2) is 27.7 Å². The number of hydrogen-bond donors (Lipinski definition) is 1. The topological polar surface area (TPSA) is 85.3 Å². The van der Waals surface area contributed by atoms with Crippen LogP contribution in [0.5, 0.6) is 0 Å². The zero-order valence-electron chi connectivity index (χ0n) is 9.38. The summed E-state index contributed by atoms with van der Waals surface area (Å²) in [5, 5.41) is 9.16. The molecule has 0 atom stereocenters. The number of aryl methyl sites for hydroxylation is 1. The molecule has 0 spiro atoms. The maximum absolute atomic E-state index is 11.4. The molecule has 0 saturated heterocycles. The lowest BCUT2D eigenvalue weighted by atomic mass is 10.2. The number of halogens is 1. The SMILES string of the molecule is Cc1cc(Cn2cc(Cl)cnc2=O)oc1C(=O)O. The fourth-order valence-corrected chi connectivity index (χ4v) is 1.71. The number of carboxylic acids is 1. The van der Waals surface area contributed by atoms with Crippen molar-refractivity contribution in [2.75, 3.05) is 0 Å². The Morgan fingerprint density at radius 3 is 2.94 bits per heavy atom. The fraction of sp³-hybridized carbons (Fsp3) is 0.182. The molecule has 2 rings (SSSR count). The van der Waals surface area contributed by atoms with Crippen molar-refractivity contribution in [3.63, 3.8) is 0 Å². The minimum absolute atomic E-state index is 0.0838. The van der Waals surface area contributed by atoms with Gasteiger partial charge in [-0.2, -0.15) is 0 Å². The second-order valence-corrected chi connectivity index (χ2v) is 4.15. The van der Waals surface area contributed by atoms with Gasteiger partial charge in [0.15, 0.2) is 0 Å². The minimum atomic E-state index is -1.14. The molecule has 2 heterocycles. The lowest BCUT2D eigenvalue weighted by Gasteiger charge is -2.01. The average Bonchev–Trinajstić information content (AvgIpc) is 2.65. The molecular weight excluding hydrogens is 260 g/mol. The maximum Gasteiger partial charge on any atom is 0.372 e. The predicted molar refractivity (Wildman–Crippen MR) is 63.0 cm³/mol. The van der Waals surface area contributed by atoms with E-state index in [-0.39, 0.29) is 12.3 Å². The molecular formula is C11H9ClN2O4. The van der Waals surface area contributed by atoms with E-state index in [2.05, 4.69) is 4.98 Å². The van der Waals surface area contributed by atoms with Gasteiger partial charge in [-0.05, 0) is 13.0 Å². The lowest BCUT2D eigenvalue weighted by Crippen LogP contribution is -2.22. The first kappa shape index (κ1) is 12.4. The van der Waals surface area contributed by atoms with Gasteiger partial charge in [0.05, 0.1) is 17.8 Å². The van der Waals surface area contributed by atoms with Crippen LogP contribution >= 0.6 is 11.6 Å². The number of rotatable bonds is 3. The van der Waals surface area contributed by atoms with E-state index in [1.807, 2.05) is 0 Å². The fourth-order valence-electron chi connectivity index (χ4n) is 1.55. The Balaban J connectivity index is 2.34. The summed E-state index contributed by atoms with van der Waals surface area (Å²) < 4.78 is 6.39. The van der Waals surface area contributed by atoms with Crippen LogP contribution in [0.3, 0.4) is 0 Å². The molecule has 0 unspecified atom stereocenters. The first-order chi connectivity index (χ1) is 8.47. The highest BCUT2D eigenvalue weighted by molar-refractivity contribution is 6.30. The second kappa shape index (κ2) is 4.66. The summed E-state index contributed by atoms with van der Waals surface area (Å²) in [7, 11) is 0. The van der Waals surface area contributed by atoms with E-state index in [1.54, 1.807) is 13.0 Å². The molecule has 6 nitrogen and oxygen atoms in total. The van der Waals surface area contributed by atoms with Crippen molar-refractivity contribution in [1.29, 1.82) is 0 Å². The van der Waals surface area contributed by atoms with Crippen LogP contribution in [0.2, 0.25) is 5.02 Å². The minimum Gasteiger partial charge on any atom is -0.475 e. The largest absolute Gasteiger partial charge is 0.475 e. The molecule has 2 aromatic rings. The van der Waals surface area contributed by atoms with E-state index >= 15 is 0 Å². The van der Waals surface area contributed by atoms with Crippen molar-refractivity contribution < 1.29 is 14.3 Å². The summed E-state index contributed by atoms with van der Waals surface area (Å²) in [6, 6.07) is 1.57. The molecule has 0 bridgehead atoms. The average molecular weight is 269 g/mol. The third-order valence-corrected chi connectivity index (χ3v) is 2.51. The Hall–Kier alpha value is -2.08. The summed E-state index contributed by atoms with van der Waals surface area (Å²) in [5.74, 6) is -0.917. The van der Waals surface area contributed by atoms with E-state index in [4.69, 9.17) is 21.1 Å². The number of furan rings is 1. The quantitative estimate of drug-likeness (QED) is 0.913. The van der Waals surface area contributed by atoms with E-state index in [0.717, 1.165) is 0 Å². The van der Waals surface area contributed by atoms with Gasteiger partial charge in [0.1, 0.15) is 5.76 Å². The van der Waals surface area contributed by atoms with Crippen molar-refractivity contribution in [2.45, 2.75) is 13.5 Å². The Kier molecular flexibility index (Phi) is 3.20. The van der Waals surface area contributed by atoms with Gasteiger partial charge >= 0.3 is 11.7 Å². The third-order valence-electron chi connectivity index (χ3n) is 2.31. The van der Waals surface area contributed by atoms with Crippen LogP contribution in [0.4, 0.5) is 0 Å². The lowest BCUT2D eigenvalue weighted by molar-refractivity contribution is 0.0659. The van der Waals surface area contributed by atoms with E-state index in [1.165, 1.54) is 17.0 Å². The number of hydrogen-bond acceptors (Lipinski definition) is 4. The zero-order chi connectivity index (χ0) is 13.3. The Labute approximate surface area is 106 Å². The van der Waals surface area contributed by atoms with Gasteiger partial charge in [-0.3, -0.25) is 4.57 Å². The first-order valence-electron chi connectivity index (χ1n) is 5.02. The maximum atomic E-state index is 11.4. The molecule has 0 aliphatic heterocycles. The number of aromatic nitrogens is 2. The van der Waals surface area contributed by atoms with Crippen molar-refractivity contribution in [3.05, 3.63) is 51.1 Å². The first-order valence-corrected chi connectivity index (χ1v) is 5.40. The highest BCUT2D eigenvalue weighted by Gasteiger charge is 2.14. The Morgan fingerprint density at radius 1 is 1.61 bits per heavy atom. The van der Waals surface area contributed by atoms with Crippen LogP contribution < -0.4 is 5.69 Å². The molecule has 1 N–H and O–H groups in total. The molecule has 0 saturated carbocycles. The van der Waals surface area contributed by atoms with Gasteiger partial charge in [0.2, 0.25) is 5.76 Å². The monoisotopic (exact) mass is 268 g/mol. The molecule has 7 heteroatoms.